The number of aromatic hydroxyl groups is 1. The van der Waals surface area contributed by atoms with Crippen molar-refractivity contribution in [3.63, 3.8) is 0 Å². The average molecular weight is 265 g/mol. The van der Waals surface area contributed by atoms with Gasteiger partial charge in [0.25, 0.3) is 0 Å². The smallest absolute Gasteiger partial charge is 0.197 e. The van der Waals surface area contributed by atoms with Crippen molar-refractivity contribution in [3.8, 4) is 5.75 Å². The van der Waals surface area contributed by atoms with Crippen molar-refractivity contribution >= 4 is 8.32 Å². The molecule has 1 aromatic rings. The Kier molecular flexibility index (Phi) is 4.43. The number of nitrogens with one attached hydrogen (secondary N) is 1. The second-order valence-electron chi connectivity index (χ2n) is 5.37. The molecule has 0 amide bonds. The van der Waals surface area contributed by atoms with Crippen LogP contribution >= 0.6 is 0 Å². The monoisotopic (exact) mass is 265 g/mol. The molecule has 3 nitrogen and oxygen atoms in total. The fourth-order valence-corrected chi connectivity index (χ4v) is 7.11. The highest BCUT2D eigenvalue weighted by atomic mass is 28.4. The Bertz CT molecular complexity index is 374. The zero-order chi connectivity index (χ0) is 13.0. The first-order valence-corrected chi connectivity index (χ1v) is 9.25. The molecular formula is C14H23NO2Si. The van der Waals surface area contributed by atoms with E-state index in [1.807, 2.05) is 19.2 Å². The SMILES string of the molecule is CNC[C@H](c1ccc(O)cc1)[Si]1(O)CCCCC1. The van der Waals surface area contributed by atoms with Crippen molar-refractivity contribution in [2.45, 2.75) is 36.9 Å². The minimum Gasteiger partial charge on any atom is -0.508 e. The predicted molar refractivity (Wildman–Crippen MR) is 76.2 cm³/mol. The van der Waals surface area contributed by atoms with Crippen LogP contribution in [-0.2, 0) is 0 Å². The van der Waals surface area contributed by atoms with E-state index in [4.69, 9.17) is 0 Å². The molecule has 2 rings (SSSR count). The molecule has 1 aromatic carbocycles. The van der Waals surface area contributed by atoms with E-state index in [1.165, 1.54) is 24.8 Å². The van der Waals surface area contributed by atoms with Gasteiger partial charge in [-0.25, -0.2) is 0 Å². The summed E-state index contributed by atoms with van der Waals surface area (Å²) in [5.41, 5.74) is 1.40. The first-order chi connectivity index (χ1) is 8.65. The van der Waals surface area contributed by atoms with Crippen molar-refractivity contribution in [2.24, 2.45) is 0 Å². The first kappa shape index (κ1) is 13.6. The zero-order valence-corrected chi connectivity index (χ0v) is 12.0. The highest BCUT2D eigenvalue weighted by molar-refractivity contribution is 6.74. The molecular weight excluding hydrogens is 242 g/mol. The molecule has 1 aliphatic rings. The van der Waals surface area contributed by atoms with E-state index in [0.717, 1.165) is 18.6 Å². The van der Waals surface area contributed by atoms with E-state index in [2.05, 4.69) is 5.32 Å². The Morgan fingerprint density at radius 2 is 1.78 bits per heavy atom. The quantitative estimate of drug-likeness (QED) is 0.733. The third kappa shape index (κ3) is 2.94. The van der Waals surface area contributed by atoms with Gasteiger partial charge in [0.1, 0.15) is 5.75 Å². The third-order valence-electron chi connectivity index (χ3n) is 4.07. The fourth-order valence-electron chi connectivity index (χ4n) is 3.04. The van der Waals surface area contributed by atoms with Gasteiger partial charge in [-0.3, -0.25) is 0 Å². The molecule has 0 radical (unpaired) electrons. The van der Waals surface area contributed by atoms with Crippen LogP contribution in [-0.4, -0.2) is 31.8 Å². The van der Waals surface area contributed by atoms with Crippen LogP contribution < -0.4 is 5.32 Å². The lowest BCUT2D eigenvalue weighted by molar-refractivity contribution is 0.463. The van der Waals surface area contributed by atoms with Crippen molar-refractivity contribution in [1.82, 2.24) is 5.32 Å². The number of hydrogen-bond donors (Lipinski definition) is 3. The molecule has 1 saturated heterocycles. The molecule has 1 aliphatic heterocycles. The lowest BCUT2D eigenvalue weighted by Gasteiger charge is -2.37. The summed E-state index contributed by atoms with van der Waals surface area (Å²) in [6, 6.07) is 9.38. The molecule has 0 aliphatic carbocycles. The Labute approximate surface area is 110 Å². The number of hydrogen-bond acceptors (Lipinski definition) is 3. The van der Waals surface area contributed by atoms with Crippen molar-refractivity contribution < 1.29 is 9.90 Å². The van der Waals surface area contributed by atoms with E-state index in [-0.39, 0.29) is 5.54 Å². The Hall–Kier alpha value is -0.843. The molecule has 0 saturated carbocycles. The van der Waals surface area contributed by atoms with E-state index >= 15 is 0 Å². The lowest BCUT2D eigenvalue weighted by Crippen LogP contribution is -2.47. The van der Waals surface area contributed by atoms with Gasteiger partial charge in [0.15, 0.2) is 8.32 Å². The van der Waals surface area contributed by atoms with Crippen LogP contribution in [0.25, 0.3) is 0 Å². The number of benzene rings is 1. The summed E-state index contributed by atoms with van der Waals surface area (Å²) in [6.45, 7) is 0.827. The molecule has 0 spiro atoms. The largest absolute Gasteiger partial charge is 0.508 e. The van der Waals surface area contributed by atoms with E-state index in [0.29, 0.717) is 5.75 Å². The molecule has 100 valence electrons. The van der Waals surface area contributed by atoms with Gasteiger partial charge in [-0.2, -0.15) is 0 Å². The van der Waals surface area contributed by atoms with Gasteiger partial charge in [0.05, 0.1) is 0 Å². The predicted octanol–water partition coefficient (Wildman–Crippen LogP) is 2.36. The van der Waals surface area contributed by atoms with Crippen LogP contribution in [0.2, 0.25) is 12.1 Å². The van der Waals surface area contributed by atoms with Crippen molar-refractivity contribution in [1.29, 1.82) is 0 Å². The maximum Gasteiger partial charge on any atom is 0.197 e. The van der Waals surface area contributed by atoms with Gasteiger partial charge < -0.3 is 15.2 Å². The molecule has 18 heavy (non-hydrogen) atoms. The van der Waals surface area contributed by atoms with Gasteiger partial charge in [0.2, 0.25) is 0 Å². The van der Waals surface area contributed by atoms with Crippen LogP contribution in [0.5, 0.6) is 5.75 Å². The summed E-state index contributed by atoms with van der Waals surface area (Å²) in [5, 5.41) is 12.6. The van der Waals surface area contributed by atoms with Gasteiger partial charge in [-0.1, -0.05) is 31.4 Å². The molecule has 0 bridgehead atoms. The van der Waals surface area contributed by atoms with Gasteiger partial charge in [-0.05, 0) is 36.8 Å². The van der Waals surface area contributed by atoms with Gasteiger partial charge in [-0.15, -0.1) is 0 Å². The van der Waals surface area contributed by atoms with Crippen molar-refractivity contribution in [3.05, 3.63) is 29.8 Å². The van der Waals surface area contributed by atoms with Crippen LogP contribution in [0, 0.1) is 0 Å². The van der Waals surface area contributed by atoms with E-state index in [9.17, 15) is 9.90 Å². The third-order valence-corrected chi connectivity index (χ3v) is 8.35. The molecule has 1 heterocycles. The Balaban J connectivity index is 2.23. The normalized spacial score (nSPS) is 20.6. The maximum absolute atomic E-state index is 11.0. The molecule has 3 N–H and O–H groups in total. The molecule has 0 unspecified atom stereocenters. The number of likely N-dealkylation sites (N-methyl/N-ethyl adjacent to an activating group) is 1. The van der Waals surface area contributed by atoms with Gasteiger partial charge >= 0.3 is 0 Å². The summed E-state index contributed by atoms with van der Waals surface area (Å²) >= 11 is 0. The first-order valence-electron chi connectivity index (χ1n) is 6.81. The van der Waals surface area contributed by atoms with Crippen LogP contribution in [0.1, 0.15) is 30.4 Å². The number of phenolic OH excluding ortho intramolecular Hbond substituents is 1. The standard InChI is InChI=1S/C14H23NO2Si/c1-15-11-14(12-5-7-13(16)8-6-12)18(17)9-3-2-4-10-18/h5-8,14-17H,2-4,9-11H2,1H3/t14-/m1/s1. The van der Waals surface area contributed by atoms with Gasteiger partial charge in [0, 0.05) is 12.1 Å². The summed E-state index contributed by atoms with van der Waals surface area (Å²) < 4.78 is 0. The minimum absolute atomic E-state index is 0.239. The second kappa shape index (κ2) is 5.86. The molecule has 1 atom stereocenters. The van der Waals surface area contributed by atoms with E-state index < -0.39 is 8.32 Å². The minimum atomic E-state index is -2.19. The average Bonchev–Trinajstić information content (AvgIpc) is 2.38. The molecule has 4 heteroatoms. The number of phenols is 1. The van der Waals surface area contributed by atoms with Crippen molar-refractivity contribution in [2.75, 3.05) is 13.6 Å². The fraction of sp³-hybridized carbons (Fsp3) is 0.571. The molecule has 0 aromatic heterocycles. The zero-order valence-electron chi connectivity index (χ0n) is 11.0. The summed E-state index contributed by atoms with van der Waals surface area (Å²) in [6.07, 6.45) is 3.60. The second-order valence-corrected chi connectivity index (χ2v) is 9.27. The summed E-state index contributed by atoms with van der Waals surface area (Å²) in [4.78, 5) is 11.0. The Morgan fingerprint density at radius 1 is 1.17 bits per heavy atom. The summed E-state index contributed by atoms with van der Waals surface area (Å²) in [7, 11) is -0.251. The van der Waals surface area contributed by atoms with Crippen LogP contribution in [0.15, 0.2) is 24.3 Å². The summed E-state index contributed by atoms with van der Waals surface area (Å²) in [5.74, 6) is 0.291. The van der Waals surface area contributed by atoms with Crippen LogP contribution in [0.3, 0.4) is 0 Å². The van der Waals surface area contributed by atoms with E-state index in [1.54, 1.807) is 12.1 Å². The number of rotatable bonds is 4. The molecule has 1 fully saturated rings. The topological polar surface area (TPSA) is 52.5 Å². The highest BCUT2D eigenvalue weighted by Crippen LogP contribution is 2.37. The Morgan fingerprint density at radius 3 is 2.33 bits per heavy atom. The maximum atomic E-state index is 11.0. The highest BCUT2D eigenvalue weighted by Gasteiger charge is 2.41. The lowest BCUT2D eigenvalue weighted by atomic mass is 10.1. The van der Waals surface area contributed by atoms with Crippen LogP contribution in [0.4, 0.5) is 0 Å².